The van der Waals surface area contributed by atoms with Gasteiger partial charge in [0.1, 0.15) is 5.75 Å². The van der Waals surface area contributed by atoms with Crippen molar-refractivity contribution in [3.05, 3.63) is 283 Å². The lowest BCUT2D eigenvalue weighted by Crippen LogP contribution is -2.18. The Balaban J connectivity index is 1.18. The van der Waals surface area contributed by atoms with Crippen LogP contribution in [0.5, 0.6) is 5.75 Å². The van der Waals surface area contributed by atoms with Gasteiger partial charge in [0.05, 0.1) is 24.2 Å². The second-order valence-electron chi connectivity index (χ2n) is 17.2. The standard InChI is InChI=1S/C64H45BF2N2O/c1-70-61-25-15-14-24-56(61)62(63-57(52-34-26-48(27-35-52)44-16-6-2-7-17-44)42-59(68-63)54-38-30-50(31-39-54)46-20-10-4-11-21-46)64-58(53-36-28-49(29-37-53)45-18-8-3-9-19-45)43-60(69(64)65(66)67)55-40-32-51(33-41-55)47-22-12-5-13-23-47/h2-43H,1H3/b63-62-. The van der Waals surface area contributed by atoms with Crippen molar-refractivity contribution in [1.29, 1.82) is 0 Å². The number of aromatic nitrogens is 1. The molecule has 3 nitrogen and oxygen atoms in total. The average molecular weight is 907 g/mol. The summed E-state index contributed by atoms with van der Waals surface area (Å²) in [6.07, 6.45) is 2.09. The van der Waals surface area contributed by atoms with Crippen LogP contribution in [0.1, 0.15) is 22.4 Å². The van der Waals surface area contributed by atoms with Crippen LogP contribution in [-0.2, 0) is 0 Å². The van der Waals surface area contributed by atoms with E-state index in [-0.39, 0.29) is 0 Å². The molecule has 10 aromatic rings. The number of para-hydroxylation sites is 1. The Morgan fingerprint density at radius 3 is 1.23 bits per heavy atom. The molecule has 0 bridgehead atoms. The highest BCUT2D eigenvalue weighted by Gasteiger charge is 2.34. The summed E-state index contributed by atoms with van der Waals surface area (Å²) in [6, 6.07) is 83.1. The van der Waals surface area contributed by atoms with E-state index in [9.17, 15) is 0 Å². The average Bonchev–Trinajstić information content (AvgIpc) is 4.06. The maximum atomic E-state index is 16.7. The SMILES string of the molecule is COc1ccccc1/C(=C1/N=C(c2ccc(-c3ccccc3)cc2)C=C1c1ccc(-c2ccccc2)cc1)c1c(-c2ccc(-c3ccccc3)cc2)cc(-c2ccc(-c3ccccc3)cc2)n1B(F)F. The lowest BCUT2D eigenvalue weighted by Gasteiger charge is -2.21. The number of hydrogen-bond acceptors (Lipinski definition) is 2. The van der Waals surface area contributed by atoms with Gasteiger partial charge in [-0.1, -0.05) is 237 Å². The van der Waals surface area contributed by atoms with Gasteiger partial charge in [-0.3, -0.25) is 8.63 Å². The van der Waals surface area contributed by atoms with Crippen LogP contribution in [0.2, 0.25) is 0 Å². The fourth-order valence-electron chi connectivity index (χ4n) is 9.49. The molecule has 1 aliphatic heterocycles. The molecular formula is C64H45BF2N2O. The van der Waals surface area contributed by atoms with E-state index < -0.39 is 7.40 Å². The first-order chi connectivity index (χ1) is 34.5. The van der Waals surface area contributed by atoms with E-state index in [4.69, 9.17) is 9.73 Å². The van der Waals surface area contributed by atoms with E-state index >= 15 is 8.63 Å². The zero-order chi connectivity index (χ0) is 47.4. The van der Waals surface area contributed by atoms with Crippen LogP contribution >= 0.6 is 0 Å². The molecule has 0 atom stereocenters. The van der Waals surface area contributed by atoms with Crippen molar-refractivity contribution in [2.45, 2.75) is 0 Å². The molecule has 0 N–H and O–H groups in total. The Bertz CT molecular complexity index is 3530. The first-order valence-corrected chi connectivity index (χ1v) is 23.4. The fraction of sp³-hybridized carbons (Fsp3) is 0.0156. The minimum absolute atomic E-state index is 0.320. The quantitative estimate of drug-likeness (QED) is 0.112. The molecule has 11 rings (SSSR count). The number of rotatable bonds is 12. The van der Waals surface area contributed by atoms with Gasteiger partial charge in [0, 0.05) is 33.5 Å². The highest BCUT2D eigenvalue weighted by molar-refractivity contribution is 6.43. The van der Waals surface area contributed by atoms with Crippen molar-refractivity contribution in [1.82, 2.24) is 4.48 Å². The van der Waals surface area contributed by atoms with Gasteiger partial charge in [-0.25, -0.2) is 4.99 Å². The Kier molecular flexibility index (Phi) is 12.1. The molecule has 70 heavy (non-hydrogen) atoms. The highest BCUT2D eigenvalue weighted by Crippen LogP contribution is 2.48. The Labute approximate surface area is 407 Å². The van der Waals surface area contributed by atoms with Crippen LogP contribution in [-0.4, -0.2) is 24.7 Å². The first kappa shape index (κ1) is 43.7. The van der Waals surface area contributed by atoms with Gasteiger partial charge < -0.3 is 9.21 Å². The molecule has 0 radical (unpaired) electrons. The topological polar surface area (TPSA) is 26.5 Å². The van der Waals surface area contributed by atoms with Crippen molar-refractivity contribution in [3.8, 4) is 72.6 Å². The van der Waals surface area contributed by atoms with Gasteiger partial charge >= 0.3 is 7.40 Å². The van der Waals surface area contributed by atoms with Crippen LogP contribution in [0.3, 0.4) is 0 Å². The molecule has 9 aromatic carbocycles. The number of hydrogen-bond donors (Lipinski definition) is 0. The molecule has 0 fully saturated rings. The zero-order valence-corrected chi connectivity index (χ0v) is 38.4. The smallest absolute Gasteiger partial charge is 0.496 e. The summed E-state index contributed by atoms with van der Waals surface area (Å²) in [5, 5.41) is 0. The molecular weight excluding hydrogens is 862 g/mol. The van der Waals surface area contributed by atoms with E-state index in [0.29, 0.717) is 50.8 Å². The summed E-state index contributed by atoms with van der Waals surface area (Å²) in [7, 11) is -1.33. The van der Waals surface area contributed by atoms with Crippen LogP contribution in [0.25, 0.3) is 78.0 Å². The number of halogens is 2. The van der Waals surface area contributed by atoms with Crippen molar-refractivity contribution < 1.29 is 13.4 Å². The first-order valence-electron chi connectivity index (χ1n) is 23.4. The van der Waals surface area contributed by atoms with Crippen molar-refractivity contribution >= 4 is 24.3 Å². The lowest BCUT2D eigenvalue weighted by atomic mass is 9.89. The summed E-state index contributed by atoms with van der Waals surface area (Å²) in [4.78, 5) is 5.53. The van der Waals surface area contributed by atoms with Crippen molar-refractivity contribution in [2.24, 2.45) is 4.99 Å². The maximum absolute atomic E-state index is 16.7. The zero-order valence-electron chi connectivity index (χ0n) is 38.4. The van der Waals surface area contributed by atoms with Crippen LogP contribution in [0.15, 0.2) is 265 Å². The number of aliphatic imine (C=N–C) groups is 1. The molecule has 1 aliphatic rings. The molecule has 6 heteroatoms. The largest absolute Gasteiger partial charge is 0.678 e. The fourth-order valence-corrected chi connectivity index (χ4v) is 9.49. The molecule has 2 heterocycles. The predicted molar refractivity (Wildman–Crippen MR) is 287 cm³/mol. The third kappa shape index (κ3) is 8.63. The summed E-state index contributed by atoms with van der Waals surface area (Å²) in [5.41, 5.74) is 16.2. The number of ether oxygens (including phenoxy) is 1. The van der Waals surface area contributed by atoms with Crippen molar-refractivity contribution in [3.63, 3.8) is 0 Å². The van der Waals surface area contributed by atoms with Gasteiger partial charge in [-0.15, -0.1) is 0 Å². The maximum Gasteiger partial charge on any atom is 0.678 e. The van der Waals surface area contributed by atoms with Gasteiger partial charge in [0.15, 0.2) is 0 Å². The van der Waals surface area contributed by atoms with E-state index in [2.05, 4.69) is 103 Å². The molecule has 1 aromatic heterocycles. The van der Waals surface area contributed by atoms with Crippen LogP contribution < -0.4 is 4.74 Å². The number of allylic oxidation sites excluding steroid dienone is 2. The van der Waals surface area contributed by atoms with Crippen molar-refractivity contribution in [2.75, 3.05) is 7.11 Å². The van der Waals surface area contributed by atoms with Gasteiger partial charge in [0.25, 0.3) is 0 Å². The Morgan fingerprint density at radius 2 is 0.786 bits per heavy atom. The summed E-state index contributed by atoms with van der Waals surface area (Å²) in [6.45, 7) is 0. The third-order valence-corrected chi connectivity index (χ3v) is 13.0. The second kappa shape index (κ2) is 19.4. The molecule has 0 amide bonds. The van der Waals surface area contributed by atoms with E-state index in [1.807, 2.05) is 152 Å². The van der Waals surface area contributed by atoms with Gasteiger partial charge in [-0.2, -0.15) is 0 Å². The molecule has 334 valence electrons. The van der Waals surface area contributed by atoms with Gasteiger partial charge in [0.2, 0.25) is 0 Å². The number of methoxy groups -OCH3 is 1. The second-order valence-corrected chi connectivity index (χ2v) is 17.2. The minimum atomic E-state index is -2.95. The highest BCUT2D eigenvalue weighted by atomic mass is 19.2. The Morgan fingerprint density at radius 1 is 0.414 bits per heavy atom. The van der Waals surface area contributed by atoms with Crippen LogP contribution in [0.4, 0.5) is 8.63 Å². The molecule has 0 aliphatic carbocycles. The van der Waals surface area contributed by atoms with E-state index in [0.717, 1.165) is 66.8 Å². The predicted octanol–water partition coefficient (Wildman–Crippen LogP) is 16.6. The third-order valence-electron chi connectivity index (χ3n) is 13.0. The molecule has 0 spiro atoms. The van der Waals surface area contributed by atoms with Gasteiger partial charge in [-0.05, 0) is 79.4 Å². The summed E-state index contributed by atoms with van der Waals surface area (Å²) in [5.74, 6) is 0.529. The number of benzene rings is 9. The summed E-state index contributed by atoms with van der Waals surface area (Å²) >= 11 is 0. The molecule has 0 unspecified atom stereocenters. The van der Waals surface area contributed by atoms with E-state index in [1.165, 1.54) is 4.48 Å². The minimum Gasteiger partial charge on any atom is -0.496 e. The molecule has 0 saturated heterocycles. The summed E-state index contributed by atoms with van der Waals surface area (Å²) < 4.78 is 40.7. The molecule has 0 saturated carbocycles. The van der Waals surface area contributed by atoms with Crippen LogP contribution in [0, 0.1) is 0 Å². The Hall–Kier alpha value is -8.87. The van der Waals surface area contributed by atoms with E-state index in [1.54, 1.807) is 7.11 Å². The monoisotopic (exact) mass is 906 g/mol. The lowest BCUT2D eigenvalue weighted by molar-refractivity contribution is 0.413. The number of nitrogens with zero attached hydrogens (tertiary/aromatic N) is 2. The normalized spacial score (nSPS) is 12.8.